The average molecular weight is 270 g/mol. The molecule has 4 nitrogen and oxygen atoms in total. The first-order chi connectivity index (χ1) is 9.36. The Balaban J connectivity index is 1.92. The Bertz CT molecular complexity index is 666. The third kappa shape index (κ3) is 2.63. The van der Waals surface area contributed by atoms with Crippen LogP contribution in [0.1, 0.15) is 17.2 Å². The van der Waals surface area contributed by atoms with Gasteiger partial charge in [0.25, 0.3) is 0 Å². The number of aromatic nitrogens is 2. The fourth-order valence-electron chi connectivity index (χ4n) is 2.11. The summed E-state index contributed by atoms with van der Waals surface area (Å²) in [6.07, 6.45) is 4.27. The van der Waals surface area contributed by atoms with Crippen molar-refractivity contribution >= 4 is 22.4 Å². The minimum Gasteiger partial charge on any atom is -0.271 e. The Kier molecular flexibility index (Phi) is 3.50. The second kappa shape index (κ2) is 5.44. The van der Waals surface area contributed by atoms with Gasteiger partial charge < -0.3 is 0 Å². The molecule has 0 aliphatic heterocycles. The third-order valence-corrected chi connectivity index (χ3v) is 3.85. The van der Waals surface area contributed by atoms with Crippen LogP contribution in [0.3, 0.4) is 0 Å². The zero-order valence-electron chi connectivity index (χ0n) is 10.3. The Morgan fingerprint density at radius 1 is 1.16 bits per heavy atom. The van der Waals surface area contributed by atoms with Crippen LogP contribution >= 0.6 is 11.3 Å². The average Bonchev–Trinajstić information content (AvgIpc) is 2.97. The maximum atomic E-state index is 5.68. The molecule has 0 aliphatic carbocycles. The van der Waals surface area contributed by atoms with Crippen molar-refractivity contribution in [1.29, 1.82) is 0 Å². The highest BCUT2D eigenvalue weighted by molar-refractivity contribution is 7.07. The van der Waals surface area contributed by atoms with Crippen LogP contribution in [0.2, 0.25) is 0 Å². The molecule has 0 saturated heterocycles. The van der Waals surface area contributed by atoms with Crippen molar-refractivity contribution in [1.82, 2.24) is 15.4 Å². The Hall–Kier alpha value is -1.82. The van der Waals surface area contributed by atoms with Gasteiger partial charge in [0.15, 0.2) is 0 Å². The minimum absolute atomic E-state index is 0.0843. The molecule has 96 valence electrons. The zero-order chi connectivity index (χ0) is 13.1. The van der Waals surface area contributed by atoms with Crippen LogP contribution in [0.4, 0.5) is 0 Å². The van der Waals surface area contributed by atoms with Gasteiger partial charge >= 0.3 is 0 Å². The molecule has 1 aromatic carbocycles. The third-order valence-electron chi connectivity index (χ3n) is 3.12. The van der Waals surface area contributed by atoms with Gasteiger partial charge in [-0.25, -0.2) is 0 Å². The number of nitrogens with zero attached hydrogens (tertiary/aromatic N) is 2. The molecule has 0 amide bonds. The molecule has 0 fully saturated rings. The van der Waals surface area contributed by atoms with E-state index in [-0.39, 0.29) is 6.04 Å². The molecule has 1 unspecified atom stereocenters. The minimum atomic E-state index is 0.0843. The molecule has 19 heavy (non-hydrogen) atoms. The molecule has 2 heterocycles. The fourth-order valence-corrected chi connectivity index (χ4v) is 2.80. The summed E-state index contributed by atoms with van der Waals surface area (Å²) in [6, 6.07) is 8.28. The topological polar surface area (TPSA) is 63.8 Å². The van der Waals surface area contributed by atoms with Crippen LogP contribution in [0.15, 0.2) is 47.4 Å². The Labute approximate surface area is 115 Å². The summed E-state index contributed by atoms with van der Waals surface area (Å²) in [4.78, 5) is 8.60. The van der Waals surface area contributed by atoms with Gasteiger partial charge in [0, 0.05) is 12.4 Å². The van der Waals surface area contributed by atoms with Crippen LogP contribution < -0.4 is 11.3 Å². The number of nitrogens with two attached hydrogens (primary N) is 1. The van der Waals surface area contributed by atoms with E-state index in [1.165, 1.54) is 5.56 Å². The smallest absolute Gasteiger partial charge is 0.0890 e. The molecule has 5 heteroatoms. The summed E-state index contributed by atoms with van der Waals surface area (Å²) in [5.74, 6) is 5.68. The number of nitrogens with one attached hydrogen (secondary N) is 1. The van der Waals surface area contributed by atoms with E-state index < -0.39 is 0 Å². The van der Waals surface area contributed by atoms with Gasteiger partial charge in [-0.15, -0.1) is 0 Å². The summed E-state index contributed by atoms with van der Waals surface area (Å²) in [7, 11) is 0. The lowest BCUT2D eigenvalue weighted by Gasteiger charge is -2.16. The SMILES string of the molecule is NNC(Cc1ccsc1)c1ccc2nccnc2c1. The van der Waals surface area contributed by atoms with Gasteiger partial charge in [-0.05, 0) is 46.5 Å². The van der Waals surface area contributed by atoms with Crippen LogP contribution in [0.25, 0.3) is 11.0 Å². The Morgan fingerprint density at radius 2 is 2.00 bits per heavy atom. The van der Waals surface area contributed by atoms with E-state index in [2.05, 4.69) is 32.2 Å². The fraction of sp³-hybridized carbons (Fsp3) is 0.143. The molecule has 0 radical (unpaired) electrons. The lowest BCUT2D eigenvalue weighted by atomic mass is 10.0. The molecule has 3 N–H and O–H groups in total. The molecule has 0 bridgehead atoms. The van der Waals surface area contributed by atoms with E-state index >= 15 is 0 Å². The number of hydrogen-bond acceptors (Lipinski definition) is 5. The van der Waals surface area contributed by atoms with Crippen molar-refractivity contribution in [3.8, 4) is 0 Å². The van der Waals surface area contributed by atoms with E-state index in [0.717, 1.165) is 23.0 Å². The highest BCUT2D eigenvalue weighted by Crippen LogP contribution is 2.21. The van der Waals surface area contributed by atoms with Crippen LogP contribution in [-0.2, 0) is 6.42 Å². The molecular formula is C14H14N4S. The summed E-state index contributed by atoms with van der Waals surface area (Å²) < 4.78 is 0. The molecule has 0 aliphatic rings. The molecular weight excluding hydrogens is 256 g/mol. The number of rotatable bonds is 4. The van der Waals surface area contributed by atoms with Crippen molar-refractivity contribution in [3.63, 3.8) is 0 Å². The maximum Gasteiger partial charge on any atom is 0.0890 e. The summed E-state index contributed by atoms with van der Waals surface area (Å²) >= 11 is 1.70. The number of thiophene rings is 1. The van der Waals surface area contributed by atoms with Crippen molar-refractivity contribution in [2.24, 2.45) is 5.84 Å². The summed E-state index contributed by atoms with van der Waals surface area (Å²) in [6.45, 7) is 0. The molecule has 1 atom stereocenters. The van der Waals surface area contributed by atoms with Gasteiger partial charge in [0.1, 0.15) is 0 Å². The summed E-state index contributed by atoms with van der Waals surface area (Å²) in [5, 5.41) is 4.22. The van der Waals surface area contributed by atoms with Gasteiger partial charge in [0.05, 0.1) is 17.1 Å². The molecule has 0 spiro atoms. The number of benzene rings is 1. The molecule has 3 aromatic rings. The second-order valence-corrected chi connectivity index (χ2v) is 5.14. The van der Waals surface area contributed by atoms with Crippen LogP contribution in [0.5, 0.6) is 0 Å². The van der Waals surface area contributed by atoms with Crippen molar-refractivity contribution < 1.29 is 0 Å². The van der Waals surface area contributed by atoms with E-state index in [9.17, 15) is 0 Å². The first-order valence-electron chi connectivity index (χ1n) is 6.04. The highest BCUT2D eigenvalue weighted by atomic mass is 32.1. The molecule has 3 rings (SSSR count). The van der Waals surface area contributed by atoms with E-state index in [4.69, 9.17) is 5.84 Å². The van der Waals surface area contributed by atoms with Crippen molar-refractivity contribution in [2.45, 2.75) is 12.5 Å². The van der Waals surface area contributed by atoms with Crippen LogP contribution in [-0.4, -0.2) is 9.97 Å². The van der Waals surface area contributed by atoms with Crippen LogP contribution in [0, 0.1) is 0 Å². The predicted octanol–water partition coefficient (Wildman–Crippen LogP) is 2.44. The largest absolute Gasteiger partial charge is 0.271 e. The predicted molar refractivity (Wildman–Crippen MR) is 77.6 cm³/mol. The monoisotopic (exact) mass is 270 g/mol. The van der Waals surface area contributed by atoms with Gasteiger partial charge in [-0.1, -0.05) is 6.07 Å². The zero-order valence-corrected chi connectivity index (χ0v) is 11.1. The highest BCUT2D eigenvalue weighted by Gasteiger charge is 2.11. The lowest BCUT2D eigenvalue weighted by Crippen LogP contribution is -2.29. The molecule has 0 saturated carbocycles. The number of fused-ring (bicyclic) bond motifs is 1. The van der Waals surface area contributed by atoms with E-state index in [0.29, 0.717) is 0 Å². The number of hydrazine groups is 1. The lowest BCUT2D eigenvalue weighted by molar-refractivity contribution is 0.553. The first kappa shape index (κ1) is 12.2. The summed E-state index contributed by atoms with van der Waals surface area (Å²) in [5.41, 5.74) is 7.08. The van der Waals surface area contributed by atoms with Gasteiger partial charge in [0.2, 0.25) is 0 Å². The maximum absolute atomic E-state index is 5.68. The van der Waals surface area contributed by atoms with E-state index in [1.807, 2.05) is 18.2 Å². The Morgan fingerprint density at radius 3 is 2.74 bits per heavy atom. The second-order valence-electron chi connectivity index (χ2n) is 4.36. The molecule has 2 aromatic heterocycles. The van der Waals surface area contributed by atoms with Gasteiger partial charge in [-0.2, -0.15) is 11.3 Å². The normalized spacial score (nSPS) is 12.7. The first-order valence-corrected chi connectivity index (χ1v) is 6.99. The quantitative estimate of drug-likeness (QED) is 0.564. The number of hydrogen-bond donors (Lipinski definition) is 2. The standard InChI is InChI=1S/C14H14N4S/c15-18-13(7-10-3-6-19-9-10)11-1-2-12-14(8-11)17-5-4-16-12/h1-6,8-9,13,18H,7,15H2. The van der Waals surface area contributed by atoms with E-state index in [1.54, 1.807) is 23.7 Å². The van der Waals surface area contributed by atoms with Crippen molar-refractivity contribution in [3.05, 3.63) is 58.5 Å². The van der Waals surface area contributed by atoms with Gasteiger partial charge in [-0.3, -0.25) is 21.2 Å². The van der Waals surface area contributed by atoms with Crippen molar-refractivity contribution in [2.75, 3.05) is 0 Å².